The molecule has 0 saturated carbocycles. The van der Waals surface area contributed by atoms with Crippen LogP contribution in [0.2, 0.25) is 0 Å². The molecule has 5 heteroatoms. The van der Waals surface area contributed by atoms with Crippen LogP contribution in [0.4, 0.5) is 0 Å². The lowest BCUT2D eigenvalue weighted by molar-refractivity contribution is -0.123. The van der Waals surface area contributed by atoms with E-state index in [1.54, 1.807) is 0 Å². The van der Waals surface area contributed by atoms with E-state index in [2.05, 4.69) is 36.5 Å². The summed E-state index contributed by atoms with van der Waals surface area (Å²) in [6, 6.07) is 15.6. The fourth-order valence-electron chi connectivity index (χ4n) is 3.76. The van der Waals surface area contributed by atoms with Crippen molar-refractivity contribution in [3.63, 3.8) is 0 Å². The van der Waals surface area contributed by atoms with Crippen molar-refractivity contribution in [2.24, 2.45) is 5.73 Å². The van der Waals surface area contributed by atoms with Crippen LogP contribution in [0.1, 0.15) is 41.1 Å². The van der Waals surface area contributed by atoms with Crippen LogP contribution in [0.25, 0.3) is 0 Å². The van der Waals surface area contributed by atoms with Crippen LogP contribution in [0.3, 0.4) is 0 Å². The van der Waals surface area contributed by atoms with E-state index in [0.717, 1.165) is 24.0 Å². The molecule has 4 nitrogen and oxygen atoms in total. The molecule has 1 amide bonds. The number of hydrogen-bond acceptors (Lipinski definition) is 3. The van der Waals surface area contributed by atoms with Gasteiger partial charge in [-0.1, -0.05) is 54.1 Å². The van der Waals surface area contributed by atoms with Gasteiger partial charge in [0.2, 0.25) is 5.91 Å². The number of hydrogen-bond donors (Lipinski definition) is 2. The zero-order valence-corrected chi connectivity index (χ0v) is 16.9. The Morgan fingerprint density at radius 1 is 1.11 bits per heavy atom. The molecule has 1 fully saturated rings. The Bertz CT molecular complexity index is 755. The number of ether oxygens (including phenoxy) is 1. The van der Waals surface area contributed by atoms with Crippen LogP contribution in [-0.2, 0) is 14.9 Å². The second kappa shape index (κ2) is 9.36. The van der Waals surface area contributed by atoms with Gasteiger partial charge in [-0.05, 0) is 43.4 Å². The number of benzene rings is 2. The van der Waals surface area contributed by atoms with Crippen LogP contribution in [0.5, 0.6) is 0 Å². The molecule has 27 heavy (non-hydrogen) atoms. The SMILES string of the molecule is Cc1ccc(C(N)C(=O)NCC2(c3ccccc3C)CCOCC2)cc1.Cl. The molecule has 0 bridgehead atoms. The average molecular weight is 389 g/mol. The van der Waals surface area contributed by atoms with Gasteiger partial charge in [-0.3, -0.25) is 4.79 Å². The minimum atomic E-state index is -0.649. The first-order valence-electron chi connectivity index (χ1n) is 9.26. The van der Waals surface area contributed by atoms with Gasteiger partial charge < -0.3 is 15.8 Å². The maximum Gasteiger partial charge on any atom is 0.241 e. The zero-order chi connectivity index (χ0) is 18.6. The van der Waals surface area contributed by atoms with Gasteiger partial charge in [0.15, 0.2) is 0 Å². The first-order valence-corrected chi connectivity index (χ1v) is 9.26. The first-order chi connectivity index (χ1) is 12.5. The Balaban J connectivity index is 0.00000261. The van der Waals surface area contributed by atoms with Gasteiger partial charge in [-0.15, -0.1) is 12.4 Å². The number of aryl methyl sites for hydroxylation is 2. The van der Waals surface area contributed by atoms with E-state index in [1.807, 2.05) is 31.2 Å². The van der Waals surface area contributed by atoms with Gasteiger partial charge in [-0.25, -0.2) is 0 Å². The summed E-state index contributed by atoms with van der Waals surface area (Å²) in [5, 5.41) is 3.11. The predicted molar refractivity (Wildman–Crippen MR) is 111 cm³/mol. The van der Waals surface area contributed by atoms with Crippen LogP contribution in [-0.4, -0.2) is 25.7 Å². The van der Waals surface area contributed by atoms with Crippen LogP contribution in [0, 0.1) is 13.8 Å². The molecule has 3 rings (SSSR count). The summed E-state index contributed by atoms with van der Waals surface area (Å²) in [5.41, 5.74) is 10.6. The lowest BCUT2D eigenvalue weighted by Crippen LogP contribution is -2.47. The molecule has 1 heterocycles. The van der Waals surface area contributed by atoms with Crippen LogP contribution < -0.4 is 11.1 Å². The van der Waals surface area contributed by atoms with Gasteiger partial charge in [0, 0.05) is 25.2 Å². The molecular formula is C22H29ClN2O2. The molecule has 3 N–H and O–H groups in total. The van der Waals surface area contributed by atoms with Gasteiger partial charge in [0.1, 0.15) is 6.04 Å². The Morgan fingerprint density at radius 3 is 2.37 bits per heavy atom. The van der Waals surface area contributed by atoms with Gasteiger partial charge in [-0.2, -0.15) is 0 Å². The summed E-state index contributed by atoms with van der Waals surface area (Å²) in [5.74, 6) is -0.131. The first kappa shape index (κ1) is 21.4. The Kier molecular flexibility index (Phi) is 7.42. The molecule has 1 atom stereocenters. The quantitative estimate of drug-likeness (QED) is 0.822. The lowest BCUT2D eigenvalue weighted by Gasteiger charge is -2.39. The summed E-state index contributed by atoms with van der Waals surface area (Å²) >= 11 is 0. The van der Waals surface area contributed by atoms with Crippen molar-refractivity contribution in [2.45, 2.75) is 38.1 Å². The second-order valence-corrected chi connectivity index (χ2v) is 7.31. The summed E-state index contributed by atoms with van der Waals surface area (Å²) in [6.07, 6.45) is 1.80. The van der Waals surface area contributed by atoms with Crippen LogP contribution in [0.15, 0.2) is 48.5 Å². The van der Waals surface area contributed by atoms with Gasteiger partial charge >= 0.3 is 0 Å². The Morgan fingerprint density at radius 2 is 1.74 bits per heavy atom. The highest BCUT2D eigenvalue weighted by Crippen LogP contribution is 2.36. The topological polar surface area (TPSA) is 64.4 Å². The van der Waals surface area contributed by atoms with E-state index in [0.29, 0.717) is 19.8 Å². The van der Waals surface area contributed by atoms with Crippen molar-refractivity contribution in [2.75, 3.05) is 19.8 Å². The van der Waals surface area contributed by atoms with E-state index in [9.17, 15) is 4.79 Å². The van der Waals surface area contributed by atoms with Crippen molar-refractivity contribution in [1.82, 2.24) is 5.32 Å². The number of nitrogens with two attached hydrogens (primary N) is 1. The molecule has 2 aromatic carbocycles. The fourth-order valence-corrected chi connectivity index (χ4v) is 3.76. The molecule has 0 spiro atoms. The maximum atomic E-state index is 12.7. The molecular weight excluding hydrogens is 360 g/mol. The number of rotatable bonds is 5. The van der Waals surface area contributed by atoms with E-state index >= 15 is 0 Å². The van der Waals surface area contributed by atoms with Crippen molar-refractivity contribution < 1.29 is 9.53 Å². The fraction of sp³-hybridized carbons (Fsp3) is 0.409. The van der Waals surface area contributed by atoms with Crippen molar-refractivity contribution in [3.8, 4) is 0 Å². The molecule has 2 aromatic rings. The number of nitrogens with one attached hydrogen (secondary N) is 1. The minimum absolute atomic E-state index is 0. The smallest absolute Gasteiger partial charge is 0.241 e. The van der Waals surface area contributed by atoms with Crippen LogP contribution >= 0.6 is 12.4 Å². The van der Waals surface area contributed by atoms with Gasteiger partial charge in [0.25, 0.3) is 0 Å². The number of carbonyl (C=O) groups excluding carboxylic acids is 1. The van der Waals surface area contributed by atoms with E-state index < -0.39 is 6.04 Å². The monoisotopic (exact) mass is 388 g/mol. The van der Waals surface area contributed by atoms with Crippen molar-refractivity contribution >= 4 is 18.3 Å². The maximum absolute atomic E-state index is 12.7. The number of amides is 1. The highest BCUT2D eigenvalue weighted by molar-refractivity contribution is 5.85. The molecule has 0 aliphatic carbocycles. The molecule has 1 saturated heterocycles. The molecule has 0 aromatic heterocycles. The normalized spacial score (nSPS) is 16.9. The van der Waals surface area contributed by atoms with Crippen molar-refractivity contribution in [1.29, 1.82) is 0 Å². The molecule has 1 unspecified atom stereocenters. The Hall–Kier alpha value is -1.88. The summed E-state index contributed by atoms with van der Waals surface area (Å²) in [4.78, 5) is 12.7. The zero-order valence-electron chi connectivity index (χ0n) is 16.0. The van der Waals surface area contributed by atoms with Gasteiger partial charge in [0.05, 0.1) is 0 Å². The average Bonchev–Trinajstić information content (AvgIpc) is 2.67. The third-order valence-corrected chi connectivity index (χ3v) is 5.49. The summed E-state index contributed by atoms with van der Waals surface area (Å²) < 4.78 is 5.58. The van der Waals surface area contributed by atoms with E-state index in [4.69, 9.17) is 10.5 Å². The molecule has 1 aliphatic rings. The molecule has 1 aliphatic heterocycles. The second-order valence-electron chi connectivity index (χ2n) is 7.31. The lowest BCUT2D eigenvalue weighted by atomic mass is 9.72. The van der Waals surface area contributed by atoms with Crippen molar-refractivity contribution in [3.05, 3.63) is 70.8 Å². The number of carbonyl (C=O) groups is 1. The Labute approximate surface area is 167 Å². The third kappa shape index (κ3) is 4.89. The standard InChI is InChI=1S/C22H28N2O2.ClH/c1-16-7-9-18(10-8-16)20(23)21(25)24-15-22(11-13-26-14-12-22)19-6-4-3-5-17(19)2;/h3-10,20H,11-15,23H2,1-2H3,(H,24,25);1H. The molecule has 0 radical (unpaired) electrons. The van der Waals surface area contributed by atoms with E-state index in [-0.39, 0.29) is 23.7 Å². The number of halogens is 1. The van der Waals surface area contributed by atoms with E-state index in [1.165, 1.54) is 11.1 Å². The highest BCUT2D eigenvalue weighted by atomic mass is 35.5. The largest absolute Gasteiger partial charge is 0.381 e. The summed E-state index contributed by atoms with van der Waals surface area (Å²) in [6.45, 7) is 6.17. The molecule has 146 valence electrons. The summed E-state index contributed by atoms with van der Waals surface area (Å²) in [7, 11) is 0. The predicted octanol–water partition coefficient (Wildman–Crippen LogP) is 3.59. The third-order valence-electron chi connectivity index (χ3n) is 5.49. The highest BCUT2D eigenvalue weighted by Gasteiger charge is 2.36. The minimum Gasteiger partial charge on any atom is -0.381 e.